The summed E-state index contributed by atoms with van der Waals surface area (Å²) in [5.41, 5.74) is 1.71. The van der Waals surface area contributed by atoms with E-state index in [4.69, 9.17) is 5.84 Å². The van der Waals surface area contributed by atoms with E-state index in [2.05, 4.69) is 52.8 Å². The van der Waals surface area contributed by atoms with Crippen molar-refractivity contribution in [1.29, 1.82) is 0 Å². The van der Waals surface area contributed by atoms with Crippen molar-refractivity contribution in [2.75, 3.05) is 5.84 Å². The zero-order valence-electron chi connectivity index (χ0n) is 14.8. The van der Waals surface area contributed by atoms with Gasteiger partial charge in [0, 0.05) is 29.1 Å². The van der Waals surface area contributed by atoms with Crippen LogP contribution in [0.2, 0.25) is 0 Å². The highest BCUT2D eigenvalue weighted by Gasteiger charge is 2.23. The first-order valence-electron chi connectivity index (χ1n) is 8.05. The van der Waals surface area contributed by atoms with Crippen LogP contribution in [-0.2, 0) is 11.8 Å². The maximum absolute atomic E-state index is 6.18. The van der Waals surface area contributed by atoms with E-state index >= 15 is 0 Å². The van der Waals surface area contributed by atoms with Crippen molar-refractivity contribution in [2.24, 2.45) is 0 Å². The lowest BCUT2D eigenvalue weighted by molar-refractivity contribution is 0.523. The van der Waals surface area contributed by atoms with Gasteiger partial charge in [-0.2, -0.15) is 0 Å². The monoisotopic (exact) mass is 355 g/mol. The molecular formula is C17H21N7S. The first-order valence-corrected chi connectivity index (χ1v) is 8.87. The van der Waals surface area contributed by atoms with Gasteiger partial charge in [-0.3, -0.25) is 4.98 Å². The number of pyridine rings is 1. The average molecular weight is 355 g/mol. The molecule has 0 saturated heterocycles. The van der Waals surface area contributed by atoms with Gasteiger partial charge in [-0.1, -0.05) is 27.7 Å². The molecule has 3 rings (SSSR count). The lowest BCUT2D eigenvalue weighted by Gasteiger charge is -2.16. The molecule has 0 aliphatic carbocycles. The molecular weight excluding hydrogens is 334 g/mol. The zero-order valence-corrected chi connectivity index (χ0v) is 15.6. The molecule has 3 aromatic rings. The quantitative estimate of drug-likeness (QED) is 0.568. The summed E-state index contributed by atoms with van der Waals surface area (Å²) in [4.78, 5) is 13.3. The number of rotatable bonds is 4. The van der Waals surface area contributed by atoms with Crippen LogP contribution in [0.1, 0.15) is 39.2 Å². The Labute approximate surface area is 151 Å². The molecule has 0 atom stereocenters. The van der Waals surface area contributed by atoms with Gasteiger partial charge < -0.3 is 5.84 Å². The molecule has 0 bridgehead atoms. The molecule has 7 nitrogen and oxygen atoms in total. The van der Waals surface area contributed by atoms with Crippen molar-refractivity contribution >= 4 is 11.8 Å². The predicted octanol–water partition coefficient (Wildman–Crippen LogP) is 2.86. The maximum Gasteiger partial charge on any atom is 0.216 e. The van der Waals surface area contributed by atoms with E-state index < -0.39 is 0 Å². The van der Waals surface area contributed by atoms with Crippen molar-refractivity contribution in [3.8, 4) is 11.4 Å². The number of aryl methyl sites for hydroxylation is 1. The highest BCUT2D eigenvalue weighted by Crippen LogP contribution is 2.29. The molecule has 0 spiro atoms. The topological polar surface area (TPSA) is 95.4 Å². The first kappa shape index (κ1) is 17.3. The Morgan fingerprint density at radius 2 is 1.84 bits per heavy atom. The maximum atomic E-state index is 6.18. The van der Waals surface area contributed by atoms with E-state index in [1.807, 2.05) is 18.2 Å². The average Bonchev–Trinajstić information content (AvgIpc) is 2.96. The summed E-state index contributed by atoms with van der Waals surface area (Å²) in [6, 6.07) is 5.75. The first-order chi connectivity index (χ1) is 11.9. The second-order valence-corrected chi connectivity index (χ2v) is 7.63. The Hall–Kier alpha value is -2.48. The van der Waals surface area contributed by atoms with Crippen LogP contribution in [0.15, 0.2) is 40.8 Å². The van der Waals surface area contributed by atoms with E-state index in [1.165, 1.54) is 16.4 Å². The second kappa shape index (κ2) is 6.79. The van der Waals surface area contributed by atoms with Crippen LogP contribution in [0.25, 0.3) is 11.4 Å². The van der Waals surface area contributed by atoms with Crippen LogP contribution in [0.5, 0.6) is 0 Å². The van der Waals surface area contributed by atoms with Crippen molar-refractivity contribution in [2.45, 2.75) is 49.7 Å². The van der Waals surface area contributed by atoms with Gasteiger partial charge in [0.05, 0.1) is 0 Å². The van der Waals surface area contributed by atoms with Gasteiger partial charge in [-0.05, 0) is 36.4 Å². The molecule has 0 aromatic carbocycles. The summed E-state index contributed by atoms with van der Waals surface area (Å²) in [7, 11) is 0. The molecule has 3 heterocycles. The number of nitrogen functional groups attached to an aromatic ring is 1. The highest BCUT2D eigenvalue weighted by molar-refractivity contribution is 7.99. The fraction of sp³-hybridized carbons (Fsp3) is 0.353. The Morgan fingerprint density at radius 1 is 1.12 bits per heavy atom. The molecule has 0 amide bonds. The van der Waals surface area contributed by atoms with Crippen LogP contribution in [0.4, 0.5) is 0 Å². The summed E-state index contributed by atoms with van der Waals surface area (Å²) >= 11 is 1.39. The van der Waals surface area contributed by atoms with E-state index in [0.717, 1.165) is 28.5 Å². The van der Waals surface area contributed by atoms with E-state index in [1.54, 1.807) is 12.4 Å². The van der Waals surface area contributed by atoms with Gasteiger partial charge in [0.25, 0.3) is 0 Å². The van der Waals surface area contributed by atoms with Crippen LogP contribution in [0.3, 0.4) is 0 Å². The third-order valence-electron chi connectivity index (χ3n) is 3.59. The van der Waals surface area contributed by atoms with Crippen LogP contribution in [0, 0.1) is 0 Å². The Bertz CT molecular complexity index is 868. The molecule has 0 fully saturated rings. The van der Waals surface area contributed by atoms with Gasteiger partial charge in [0.2, 0.25) is 5.16 Å². The molecule has 0 aliphatic rings. The van der Waals surface area contributed by atoms with Gasteiger partial charge in [0.1, 0.15) is 5.03 Å². The van der Waals surface area contributed by atoms with Crippen LogP contribution in [-0.4, -0.2) is 29.8 Å². The minimum atomic E-state index is -0.178. The third-order valence-corrected chi connectivity index (χ3v) is 4.47. The number of hydrogen-bond donors (Lipinski definition) is 1. The summed E-state index contributed by atoms with van der Waals surface area (Å²) in [6.07, 6.45) is 4.28. The lowest BCUT2D eigenvalue weighted by atomic mass is 9.96. The molecule has 3 aromatic heterocycles. The largest absolute Gasteiger partial charge is 0.336 e. The minimum Gasteiger partial charge on any atom is -0.336 e. The number of hydrogen-bond acceptors (Lipinski definition) is 7. The molecule has 0 saturated carbocycles. The summed E-state index contributed by atoms with van der Waals surface area (Å²) < 4.78 is 1.53. The SMILES string of the molecule is CCc1cc(Sc2nnc(C(C)(C)C)n2N)nc(-c2ccncc2)n1. The Kier molecular flexibility index (Phi) is 4.71. The predicted molar refractivity (Wildman–Crippen MR) is 97.6 cm³/mol. The Morgan fingerprint density at radius 3 is 2.44 bits per heavy atom. The fourth-order valence-electron chi connectivity index (χ4n) is 2.29. The number of aromatic nitrogens is 6. The fourth-order valence-corrected chi connectivity index (χ4v) is 3.07. The summed E-state index contributed by atoms with van der Waals surface area (Å²) in [6.45, 7) is 8.22. The van der Waals surface area contributed by atoms with Gasteiger partial charge in [-0.25, -0.2) is 14.6 Å². The van der Waals surface area contributed by atoms with Crippen molar-refractivity contribution < 1.29 is 0 Å². The Balaban J connectivity index is 1.97. The smallest absolute Gasteiger partial charge is 0.216 e. The molecule has 2 N–H and O–H groups in total. The highest BCUT2D eigenvalue weighted by atomic mass is 32.2. The lowest BCUT2D eigenvalue weighted by Crippen LogP contribution is -2.24. The number of nitrogens with zero attached hydrogens (tertiary/aromatic N) is 6. The van der Waals surface area contributed by atoms with Crippen molar-refractivity contribution in [3.05, 3.63) is 42.1 Å². The summed E-state index contributed by atoms with van der Waals surface area (Å²) in [5, 5.41) is 9.83. The van der Waals surface area contributed by atoms with E-state index in [-0.39, 0.29) is 5.41 Å². The number of nitrogens with two attached hydrogens (primary N) is 1. The van der Waals surface area contributed by atoms with Gasteiger partial charge in [-0.15, -0.1) is 10.2 Å². The molecule has 0 radical (unpaired) electrons. The van der Waals surface area contributed by atoms with E-state index in [0.29, 0.717) is 11.0 Å². The van der Waals surface area contributed by atoms with Crippen molar-refractivity contribution in [3.63, 3.8) is 0 Å². The minimum absolute atomic E-state index is 0.178. The molecule has 130 valence electrons. The van der Waals surface area contributed by atoms with E-state index in [9.17, 15) is 0 Å². The molecule has 0 unspecified atom stereocenters. The second-order valence-electron chi connectivity index (χ2n) is 6.64. The molecule has 8 heteroatoms. The van der Waals surface area contributed by atoms with Crippen LogP contribution >= 0.6 is 11.8 Å². The van der Waals surface area contributed by atoms with Gasteiger partial charge in [0.15, 0.2) is 11.6 Å². The molecule has 25 heavy (non-hydrogen) atoms. The zero-order chi connectivity index (χ0) is 18.0. The van der Waals surface area contributed by atoms with Crippen LogP contribution < -0.4 is 5.84 Å². The normalized spacial score (nSPS) is 11.7. The van der Waals surface area contributed by atoms with Crippen molar-refractivity contribution in [1.82, 2.24) is 29.8 Å². The third kappa shape index (κ3) is 3.79. The standard InChI is InChI=1S/C17H21N7S/c1-5-12-10-13(21-14(20-12)11-6-8-19-9-7-11)25-16-23-22-15(24(16)18)17(2,3)4/h6-10H,5,18H2,1-4H3. The summed E-state index contributed by atoms with van der Waals surface area (Å²) in [5.74, 6) is 7.58. The van der Waals surface area contributed by atoms with Gasteiger partial charge >= 0.3 is 0 Å². The molecule has 0 aliphatic heterocycles.